The normalized spacial score (nSPS) is 9.50. The average molecular weight is 161 g/mol. The number of hydrogen-bond acceptors (Lipinski definition) is 2. The molecule has 0 aromatic carbocycles. The number of rotatable bonds is 4. The molecule has 0 bridgehead atoms. The van der Waals surface area contributed by atoms with Crippen molar-refractivity contribution in [3.05, 3.63) is 0 Å². The van der Waals surface area contributed by atoms with E-state index in [-0.39, 0.29) is 5.91 Å². The van der Waals surface area contributed by atoms with Crippen LogP contribution in [0.5, 0.6) is 0 Å². The van der Waals surface area contributed by atoms with Gasteiger partial charge in [0.15, 0.2) is 0 Å². The number of nitrogens with zero attached hydrogens (tertiary/aromatic N) is 1. The van der Waals surface area contributed by atoms with Gasteiger partial charge in [0.25, 0.3) is 0 Å². The Morgan fingerprint density at radius 2 is 2.10 bits per heavy atom. The second-order valence-corrected chi connectivity index (χ2v) is 3.32. The van der Waals surface area contributed by atoms with Crippen LogP contribution in [0.1, 0.15) is 13.8 Å². The van der Waals surface area contributed by atoms with Crippen molar-refractivity contribution in [3.8, 4) is 0 Å². The van der Waals surface area contributed by atoms with E-state index < -0.39 is 0 Å². The highest BCUT2D eigenvalue weighted by Gasteiger charge is 2.03. The Hall–Kier alpha value is -0.180. The molecule has 0 heterocycles. The van der Waals surface area contributed by atoms with E-state index in [1.807, 2.05) is 14.0 Å². The third kappa shape index (κ3) is 3.77. The zero-order valence-electron chi connectivity index (χ0n) is 6.89. The predicted molar refractivity (Wildman–Crippen MR) is 46.3 cm³/mol. The van der Waals surface area contributed by atoms with E-state index in [1.165, 1.54) is 0 Å². The highest BCUT2D eigenvalue weighted by molar-refractivity contribution is 7.99. The molecule has 0 aromatic rings. The minimum absolute atomic E-state index is 0.231. The summed E-state index contributed by atoms with van der Waals surface area (Å²) in [6.45, 7) is 4.85. The lowest BCUT2D eigenvalue weighted by Gasteiger charge is -2.13. The summed E-state index contributed by atoms with van der Waals surface area (Å²) in [7, 11) is 1.83. The van der Waals surface area contributed by atoms with Crippen LogP contribution in [-0.2, 0) is 4.79 Å². The van der Waals surface area contributed by atoms with E-state index in [2.05, 4.69) is 6.92 Å². The first-order valence-corrected chi connectivity index (χ1v) is 4.69. The van der Waals surface area contributed by atoms with Crippen LogP contribution in [0.15, 0.2) is 0 Å². The van der Waals surface area contributed by atoms with Crippen LogP contribution < -0.4 is 0 Å². The van der Waals surface area contributed by atoms with E-state index in [9.17, 15) is 4.79 Å². The van der Waals surface area contributed by atoms with Crippen LogP contribution in [-0.4, -0.2) is 35.9 Å². The lowest BCUT2D eigenvalue weighted by molar-refractivity contribution is -0.126. The van der Waals surface area contributed by atoms with E-state index in [1.54, 1.807) is 16.7 Å². The van der Waals surface area contributed by atoms with Gasteiger partial charge in [-0.1, -0.05) is 6.92 Å². The van der Waals surface area contributed by atoms with E-state index in [4.69, 9.17) is 0 Å². The molecule has 0 saturated heterocycles. The van der Waals surface area contributed by atoms with Gasteiger partial charge in [-0.05, 0) is 12.7 Å². The molecular weight excluding hydrogens is 146 g/mol. The topological polar surface area (TPSA) is 20.3 Å². The Bertz CT molecular complexity index is 106. The van der Waals surface area contributed by atoms with Gasteiger partial charge in [-0.15, -0.1) is 0 Å². The minimum Gasteiger partial charge on any atom is -0.345 e. The lowest BCUT2D eigenvalue weighted by atomic mass is 10.5. The third-order valence-electron chi connectivity index (χ3n) is 1.33. The molecule has 0 unspecified atom stereocenters. The van der Waals surface area contributed by atoms with Crippen molar-refractivity contribution in [2.45, 2.75) is 13.8 Å². The molecule has 0 spiro atoms. The van der Waals surface area contributed by atoms with Crippen LogP contribution in [0.4, 0.5) is 0 Å². The highest BCUT2D eigenvalue weighted by atomic mass is 32.2. The zero-order valence-corrected chi connectivity index (χ0v) is 7.70. The Labute approximate surface area is 67.0 Å². The van der Waals surface area contributed by atoms with Crippen molar-refractivity contribution < 1.29 is 4.79 Å². The van der Waals surface area contributed by atoms with Gasteiger partial charge in [-0.2, -0.15) is 11.8 Å². The molecule has 0 fully saturated rings. The largest absolute Gasteiger partial charge is 0.345 e. The molecule has 0 N–H and O–H groups in total. The van der Waals surface area contributed by atoms with Crippen LogP contribution in [0.25, 0.3) is 0 Å². The summed E-state index contributed by atoms with van der Waals surface area (Å²) in [5.41, 5.74) is 0. The van der Waals surface area contributed by atoms with Crippen molar-refractivity contribution in [2.24, 2.45) is 0 Å². The van der Waals surface area contributed by atoms with Crippen LogP contribution in [0.3, 0.4) is 0 Å². The predicted octanol–water partition coefficient (Wildman–Crippen LogP) is 1.22. The van der Waals surface area contributed by atoms with Gasteiger partial charge in [0.1, 0.15) is 0 Å². The van der Waals surface area contributed by atoms with Gasteiger partial charge in [0.2, 0.25) is 5.91 Å². The molecule has 0 atom stereocenters. The molecule has 0 aliphatic heterocycles. The monoisotopic (exact) mass is 161 g/mol. The lowest BCUT2D eigenvalue weighted by Crippen LogP contribution is -2.27. The maximum absolute atomic E-state index is 11.0. The van der Waals surface area contributed by atoms with Crippen molar-refractivity contribution in [1.29, 1.82) is 0 Å². The fraction of sp³-hybridized carbons (Fsp3) is 0.857. The Morgan fingerprint density at radius 1 is 1.50 bits per heavy atom. The van der Waals surface area contributed by atoms with Crippen molar-refractivity contribution in [3.63, 3.8) is 0 Å². The Morgan fingerprint density at radius 3 is 2.50 bits per heavy atom. The number of carbonyl (C=O) groups is 1. The second kappa shape index (κ2) is 5.59. The standard InChI is InChI=1S/C7H15NOS/c1-4-8(3)7(9)6-10-5-2/h4-6H2,1-3H3. The first-order valence-electron chi connectivity index (χ1n) is 3.54. The summed E-state index contributed by atoms with van der Waals surface area (Å²) in [5.74, 6) is 1.87. The van der Waals surface area contributed by atoms with Crippen molar-refractivity contribution in [1.82, 2.24) is 4.90 Å². The summed E-state index contributed by atoms with van der Waals surface area (Å²) >= 11 is 1.67. The van der Waals surface area contributed by atoms with Crippen molar-refractivity contribution >= 4 is 17.7 Å². The van der Waals surface area contributed by atoms with Gasteiger partial charge >= 0.3 is 0 Å². The Kier molecular flexibility index (Phi) is 5.49. The molecule has 0 aliphatic rings. The molecular formula is C7H15NOS. The molecule has 2 nitrogen and oxygen atoms in total. The number of carbonyl (C=O) groups excluding carboxylic acids is 1. The van der Waals surface area contributed by atoms with Gasteiger partial charge in [0, 0.05) is 13.6 Å². The van der Waals surface area contributed by atoms with E-state index >= 15 is 0 Å². The fourth-order valence-corrected chi connectivity index (χ4v) is 1.08. The van der Waals surface area contributed by atoms with Crippen LogP contribution in [0, 0.1) is 0 Å². The van der Waals surface area contributed by atoms with Gasteiger partial charge in [-0.25, -0.2) is 0 Å². The van der Waals surface area contributed by atoms with E-state index in [0.717, 1.165) is 12.3 Å². The van der Waals surface area contributed by atoms with Gasteiger partial charge in [0.05, 0.1) is 5.75 Å². The van der Waals surface area contributed by atoms with Crippen LogP contribution in [0.2, 0.25) is 0 Å². The summed E-state index contributed by atoms with van der Waals surface area (Å²) in [4.78, 5) is 12.8. The molecule has 0 radical (unpaired) electrons. The van der Waals surface area contributed by atoms with E-state index in [0.29, 0.717) is 5.75 Å². The molecule has 10 heavy (non-hydrogen) atoms. The summed E-state index contributed by atoms with van der Waals surface area (Å²) in [6, 6.07) is 0. The first-order chi connectivity index (χ1) is 4.72. The first kappa shape index (κ1) is 9.82. The second-order valence-electron chi connectivity index (χ2n) is 2.05. The minimum atomic E-state index is 0.231. The zero-order chi connectivity index (χ0) is 7.98. The van der Waals surface area contributed by atoms with Gasteiger partial charge < -0.3 is 4.90 Å². The molecule has 0 rings (SSSR count). The molecule has 1 amide bonds. The molecule has 0 saturated carbocycles. The smallest absolute Gasteiger partial charge is 0.232 e. The third-order valence-corrected chi connectivity index (χ3v) is 2.19. The summed E-state index contributed by atoms with van der Waals surface area (Å²) in [5, 5.41) is 0. The molecule has 60 valence electrons. The Balaban J connectivity index is 3.42. The number of hydrogen-bond donors (Lipinski definition) is 0. The van der Waals surface area contributed by atoms with Crippen LogP contribution >= 0.6 is 11.8 Å². The fourth-order valence-electron chi connectivity index (χ4n) is 0.476. The SMILES string of the molecule is CCSCC(=O)N(C)CC. The summed E-state index contributed by atoms with van der Waals surface area (Å²) < 4.78 is 0. The van der Waals surface area contributed by atoms with Gasteiger partial charge in [-0.3, -0.25) is 4.79 Å². The maximum Gasteiger partial charge on any atom is 0.232 e. The molecule has 3 heteroatoms. The average Bonchev–Trinajstić information content (AvgIpc) is 1.98. The highest BCUT2D eigenvalue weighted by Crippen LogP contribution is 1.99. The number of amides is 1. The molecule has 0 aromatic heterocycles. The quantitative estimate of drug-likeness (QED) is 0.618. The molecule has 0 aliphatic carbocycles. The summed E-state index contributed by atoms with van der Waals surface area (Å²) in [6.07, 6.45) is 0. The van der Waals surface area contributed by atoms with Crippen molar-refractivity contribution in [2.75, 3.05) is 25.1 Å². The number of thioether (sulfide) groups is 1. The maximum atomic E-state index is 11.0.